The second-order valence-corrected chi connectivity index (χ2v) is 3.86. The molecule has 0 aliphatic heterocycles. The predicted molar refractivity (Wildman–Crippen MR) is 58.1 cm³/mol. The van der Waals surface area contributed by atoms with Crippen molar-refractivity contribution in [2.45, 2.75) is 45.0 Å². The van der Waals surface area contributed by atoms with Crippen LogP contribution in [0.4, 0.5) is 0 Å². The standard InChI is InChI=1S/C10H22ClNO/c1-3-5-7-12(8-6-4-2)10(11)9-13/h10,13H,3-9H2,1-2H3. The zero-order chi connectivity index (χ0) is 10.1. The Morgan fingerprint density at radius 2 is 1.62 bits per heavy atom. The minimum atomic E-state index is -0.196. The normalized spacial score (nSPS) is 13.6. The molecule has 0 spiro atoms. The molecule has 0 aliphatic carbocycles. The van der Waals surface area contributed by atoms with Crippen molar-refractivity contribution >= 4 is 11.6 Å². The van der Waals surface area contributed by atoms with Gasteiger partial charge < -0.3 is 5.11 Å². The molecule has 0 fully saturated rings. The highest BCUT2D eigenvalue weighted by Gasteiger charge is 2.12. The largest absolute Gasteiger partial charge is 0.393 e. The third-order valence-corrected chi connectivity index (χ3v) is 2.56. The van der Waals surface area contributed by atoms with Crippen molar-refractivity contribution in [3.05, 3.63) is 0 Å². The van der Waals surface area contributed by atoms with Crippen molar-refractivity contribution in [2.75, 3.05) is 19.7 Å². The number of hydrogen-bond acceptors (Lipinski definition) is 2. The Hall–Kier alpha value is 0.210. The lowest BCUT2D eigenvalue weighted by atomic mass is 10.2. The first-order chi connectivity index (χ1) is 6.26. The molecular weight excluding hydrogens is 186 g/mol. The van der Waals surface area contributed by atoms with Gasteiger partial charge in [0, 0.05) is 0 Å². The number of aliphatic hydroxyl groups is 1. The van der Waals surface area contributed by atoms with Gasteiger partial charge in [0.2, 0.25) is 0 Å². The van der Waals surface area contributed by atoms with E-state index in [1.807, 2.05) is 0 Å². The molecule has 2 nitrogen and oxygen atoms in total. The Morgan fingerprint density at radius 1 is 1.15 bits per heavy atom. The first-order valence-electron chi connectivity index (χ1n) is 5.25. The van der Waals surface area contributed by atoms with E-state index in [0.29, 0.717) is 0 Å². The summed E-state index contributed by atoms with van der Waals surface area (Å²) in [5.74, 6) is 0. The van der Waals surface area contributed by atoms with E-state index in [-0.39, 0.29) is 12.1 Å². The molecule has 1 N–H and O–H groups in total. The van der Waals surface area contributed by atoms with Gasteiger partial charge in [-0.3, -0.25) is 4.90 Å². The van der Waals surface area contributed by atoms with E-state index in [2.05, 4.69) is 18.7 Å². The van der Waals surface area contributed by atoms with Crippen LogP contribution in [0.2, 0.25) is 0 Å². The van der Waals surface area contributed by atoms with Gasteiger partial charge in [0.15, 0.2) is 0 Å². The summed E-state index contributed by atoms with van der Waals surface area (Å²) in [4.78, 5) is 2.16. The van der Waals surface area contributed by atoms with E-state index in [9.17, 15) is 0 Å². The van der Waals surface area contributed by atoms with Crippen molar-refractivity contribution in [3.8, 4) is 0 Å². The molecule has 0 aromatic heterocycles. The van der Waals surface area contributed by atoms with E-state index < -0.39 is 0 Å². The zero-order valence-electron chi connectivity index (χ0n) is 8.80. The number of nitrogens with zero attached hydrogens (tertiary/aromatic N) is 1. The first kappa shape index (κ1) is 13.2. The van der Waals surface area contributed by atoms with Crippen LogP contribution in [0, 0.1) is 0 Å². The van der Waals surface area contributed by atoms with E-state index in [1.54, 1.807) is 0 Å². The molecule has 1 unspecified atom stereocenters. The summed E-state index contributed by atoms with van der Waals surface area (Å²) in [5, 5.41) is 8.93. The Balaban J connectivity index is 3.72. The Morgan fingerprint density at radius 3 is 1.92 bits per heavy atom. The first-order valence-corrected chi connectivity index (χ1v) is 5.68. The Labute approximate surface area is 86.9 Å². The van der Waals surface area contributed by atoms with Crippen molar-refractivity contribution in [2.24, 2.45) is 0 Å². The molecule has 0 aromatic carbocycles. The van der Waals surface area contributed by atoms with Gasteiger partial charge in [-0.1, -0.05) is 26.7 Å². The fraction of sp³-hybridized carbons (Fsp3) is 1.00. The highest BCUT2D eigenvalue weighted by atomic mass is 35.5. The SMILES string of the molecule is CCCCN(CCCC)C(Cl)CO. The summed E-state index contributed by atoms with van der Waals surface area (Å²) >= 11 is 5.98. The average molecular weight is 208 g/mol. The fourth-order valence-corrected chi connectivity index (χ4v) is 1.43. The number of hydrogen-bond donors (Lipinski definition) is 1. The van der Waals surface area contributed by atoms with Crippen LogP contribution in [0.15, 0.2) is 0 Å². The summed E-state index contributed by atoms with van der Waals surface area (Å²) in [7, 11) is 0. The number of rotatable bonds is 8. The highest BCUT2D eigenvalue weighted by Crippen LogP contribution is 2.07. The van der Waals surface area contributed by atoms with Crippen LogP contribution in [0.5, 0.6) is 0 Å². The second-order valence-electron chi connectivity index (χ2n) is 3.36. The van der Waals surface area contributed by atoms with Gasteiger partial charge in [-0.15, -0.1) is 11.6 Å². The zero-order valence-corrected chi connectivity index (χ0v) is 9.56. The van der Waals surface area contributed by atoms with E-state index in [1.165, 1.54) is 12.8 Å². The number of alkyl halides is 1. The molecule has 0 heterocycles. The lowest BCUT2D eigenvalue weighted by molar-refractivity contribution is 0.167. The molecule has 0 rings (SSSR count). The third-order valence-electron chi connectivity index (χ3n) is 2.14. The van der Waals surface area contributed by atoms with Crippen molar-refractivity contribution in [3.63, 3.8) is 0 Å². The van der Waals surface area contributed by atoms with Gasteiger partial charge in [0.1, 0.15) is 5.50 Å². The smallest absolute Gasteiger partial charge is 0.108 e. The van der Waals surface area contributed by atoms with Gasteiger partial charge in [0.25, 0.3) is 0 Å². The van der Waals surface area contributed by atoms with E-state index in [0.717, 1.165) is 25.9 Å². The summed E-state index contributed by atoms with van der Waals surface area (Å²) in [6.07, 6.45) is 4.68. The number of aliphatic hydroxyl groups excluding tert-OH is 1. The molecule has 1 atom stereocenters. The van der Waals surface area contributed by atoms with E-state index in [4.69, 9.17) is 16.7 Å². The Bertz CT molecular complexity index is 103. The second kappa shape index (κ2) is 8.79. The van der Waals surface area contributed by atoms with Crippen LogP contribution in [0.3, 0.4) is 0 Å². The lowest BCUT2D eigenvalue weighted by Crippen LogP contribution is -2.35. The topological polar surface area (TPSA) is 23.5 Å². The molecule has 0 saturated carbocycles. The van der Waals surface area contributed by atoms with Crippen LogP contribution in [-0.4, -0.2) is 35.2 Å². The van der Waals surface area contributed by atoms with Gasteiger partial charge in [-0.25, -0.2) is 0 Å². The quantitative estimate of drug-likeness (QED) is 0.488. The minimum Gasteiger partial charge on any atom is -0.393 e. The maximum atomic E-state index is 8.93. The van der Waals surface area contributed by atoms with Crippen LogP contribution in [0.25, 0.3) is 0 Å². The molecule has 0 radical (unpaired) electrons. The predicted octanol–water partition coefficient (Wildman–Crippen LogP) is 2.45. The monoisotopic (exact) mass is 207 g/mol. The van der Waals surface area contributed by atoms with Crippen LogP contribution < -0.4 is 0 Å². The lowest BCUT2D eigenvalue weighted by Gasteiger charge is -2.25. The van der Waals surface area contributed by atoms with Crippen LogP contribution in [-0.2, 0) is 0 Å². The summed E-state index contributed by atoms with van der Waals surface area (Å²) in [5.41, 5.74) is -0.196. The van der Waals surface area contributed by atoms with Gasteiger partial charge in [-0.2, -0.15) is 0 Å². The van der Waals surface area contributed by atoms with Gasteiger partial charge in [0.05, 0.1) is 6.61 Å². The van der Waals surface area contributed by atoms with Crippen molar-refractivity contribution < 1.29 is 5.11 Å². The molecule has 0 bridgehead atoms. The maximum Gasteiger partial charge on any atom is 0.108 e. The maximum absolute atomic E-state index is 8.93. The number of halogens is 1. The molecule has 0 aliphatic rings. The molecular formula is C10H22ClNO. The molecule has 0 saturated heterocycles. The number of unbranched alkanes of at least 4 members (excludes halogenated alkanes) is 2. The average Bonchev–Trinajstić information content (AvgIpc) is 2.17. The molecule has 80 valence electrons. The summed E-state index contributed by atoms with van der Waals surface area (Å²) < 4.78 is 0. The Kier molecular flexibility index (Phi) is 8.93. The molecule has 13 heavy (non-hydrogen) atoms. The van der Waals surface area contributed by atoms with Crippen LogP contribution >= 0.6 is 11.6 Å². The van der Waals surface area contributed by atoms with Crippen LogP contribution in [0.1, 0.15) is 39.5 Å². The third kappa shape index (κ3) is 6.30. The van der Waals surface area contributed by atoms with Crippen molar-refractivity contribution in [1.29, 1.82) is 0 Å². The minimum absolute atomic E-state index is 0.0506. The fourth-order valence-electron chi connectivity index (χ4n) is 1.23. The molecule has 0 amide bonds. The van der Waals surface area contributed by atoms with Gasteiger partial charge >= 0.3 is 0 Å². The van der Waals surface area contributed by atoms with Crippen molar-refractivity contribution in [1.82, 2.24) is 4.90 Å². The van der Waals surface area contributed by atoms with E-state index >= 15 is 0 Å². The highest BCUT2D eigenvalue weighted by molar-refractivity contribution is 6.20. The van der Waals surface area contributed by atoms with Gasteiger partial charge in [-0.05, 0) is 25.9 Å². The summed E-state index contributed by atoms with van der Waals surface area (Å²) in [6, 6.07) is 0. The summed E-state index contributed by atoms with van der Waals surface area (Å²) in [6.45, 7) is 6.39. The molecule has 0 aromatic rings. The molecule has 3 heteroatoms.